The monoisotopic (exact) mass is 277 g/mol. The first-order valence-electron chi connectivity index (χ1n) is 6.85. The smallest absolute Gasteiger partial charge is 0.254 e. The van der Waals surface area contributed by atoms with E-state index in [1.165, 1.54) is 0 Å². The van der Waals surface area contributed by atoms with Crippen LogP contribution in [-0.4, -0.2) is 41.0 Å². The van der Waals surface area contributed by atoms with E-state index in [1.54, 1.807) is 0 Å². The highest BCUT2D eigenvalue weighted by atomic mass is 32.2. The Morgan fingerprint density at radius 2 is 2.26 bits per heavy atom. The van der Waals surface area contributed by atoms with Crippen molar-refractivity contribution in [1.29, 1.82) is 0 Å². The van der Waals surface area contributed by atoms with E-state index in [0.717, 1.165) is 42.2 Å². The number of amides is 1. The van der Waals surface area contributed by atoms with Gasteiger partial charge in [-0.15, -0.1) is 0 Å². The molecular weight excluding hydrogens is 258 g/mol. The molecule has 2 atom stereocenters. The quantitative estimate of drug-likeness (QED) is 0.790. The molecule has 0 saturated carbocycles. The van der Waals surface area contributed by atoms with Gasteiger partial charge in [-0.3, -0.25) is 4.79 Å². The van der Waals surface area contributed by atoms with E-state index >= 15 is 0 Å². The Bertz CT molecular complexity index is 503. The first-order chi connectivity index (χ1) is 9.16. The van der Waals surface area contributed by atoms with Gasteiger partial charge < -0.3 is 9.64 Å². The van der Waals surface area contributed by atoms with Gasteiger partial charge in [-0.1, -0.05) is 6.92 Å². The zero-order chi connectivity index (χ0) is 13.4. The van der Waals surface area contributed by atoms with Crippen LogP contribution in [0.5, 0.6) is 5.75 Å². The van der Waals surface area contributed by atoms with E-state index in [4.69, 9.17) is 4.74 Å². The number of benzene rings is 1. The van der Waals surface area contributed by atoms with Crippen LogP contribution < -0.4 is 4.74 Å². The van der Waals surface area contributed by atoms with E-state index in [-0.39, 0.29) is 5.91 Å². The standard InChI is InChI=1S/C15H19NO2S/c1-10-11(2)19-8-6-16(10)15(17)13-3-4-14-12(9-13)5-7-18-14/h3-4,9-11H,5-8H2,1-2H3. The van der Waals surface area contributed by atoms with Crippen LogP contribution in [0, 0.1) is 0 Å². The molecule has 19 heavy (non-hydrogen) atoms. The van der Waals surface area contributed by atoms with Crippen molar-refractivity contribution in [3.8, 4) is 5.75 Å². The highest BCUT2D eigenvalue weighted by Gasteiger charge is 2.29. The lowest BCUT2D eigenvalue weighted by Crippen LogP contribution is -2.47. The SMILES string of the molecule is CC1SCCN(C(=O)c2ccc3c(c2)CCO3)C1C. The maximum absolute atomic E-state index is 12.6. The molecule has 0 N–H and O–H groups in total. The maximum Gasteiger partial charge on any atom is 0.254 e. The maximum atomic E-state index is 12.6. The van der Waals surface area contributed by atoms with Gasteiger partial charge in [0.25, 0.3) is 5.91 Å². The van der Waals surface area contributed by atoms with E-state index in [1.807, 2.05) is 34.9 Å². The molecule has 2 aliphatic rings. The Morgan fingerprint density at radius 3 is 3.11 bits per heavy atom. The molecule has 102 valence electrons. The van der Waals surface area contributed by atoms with Crippen molar-refractivity contribution in [2.45, 2.75) is 31.6 Å². The minimum atomic E-state index is 0.161. The second-order valence-electron chi connectivity index (χ2n) is 5.24. The molecule has 1 fully saturated rings. The number of rotatable bonds is 1. The third-order valence-corrected chi connectivity index (χ3v) is 5.42. The molecule has 0 aliphatic carbocycles. The fourth-order valence-electron chi connectivity index (χ4n) is 2.71. The number of nitrogens with zero attached hydrogens (tertiary/aromatic N) is 1. The molecule has 1 aromatic rings. The van der Waals surface area contributed by atoms with Gasteiger partial charge in [-0.25, -0.2) is 0 Å². The molecule has 4 heteroatoms. The van der Waals surface area contributed by atoms with Gasteiger partial charge in [0.15, 0.2) is 0 Å². The first-order valence-corrected chi connectivity index (χ1v) is 7.90. The number of carbonyl (C=O) groups is 1. The van der Waals surface area contributed by atoms with E-state index < -0.39 is 0 Å². The van der Waals surface area contributed by atoms with Gasteiger partial charge in [0.1, 0.15) is 5.75 Å². The van der Waals surface area contributed by atoms with Gasteiger partial charge >= 0.3 is 0 Å². The predicted molar refractivity (Wildman–Crippen MR) is 78.1 cm³/mol. The number of thioether (sulfide) groups is 1. The van der Waals surface area contributed by atoms with Gasteiger partial charge in [-0.05, 0) is 30.7 Å². The minimum Gasteiger partial charge on any atom is -0.493 e. The molecule has 0 spiro atoms. The summed E-state index contributed by atoms with van der Waals surface area (Å²) in [5.74, 6) is 2.13. The highest BCUT2D eigenvalue weighted by Crippen LogP contribution is 2.29. The third-order valence-electron chi connectivity index (χ3n) is 4.08. The zero-order valence-electron chi connectivity index (χ0n) is 11.4. The number of hydrogen-bond acceptors (Lipinski definition) is 3. The molecule has 2 heterocycles. The largest absolute Gasteiger partial charge is 0.493 e. The van der Waals surface area contributed by atoms with Crippen molar-refractivity contribution in [1.82, 2.24) is 4.90 Å². The molecule has 0 radical (unpaired) electrons. The Balaban J connectivity index is 1.83. The van der Waals surface area contributed by atoms with Crippen LogP contribution >= 0.6 is 11.8 Å². The summed E-state index contributed by atoms with van der Waals surface area (Å²) >= 11 is 1.95. The van der Waals surface area contributed by atoms with Crippen LogP contribution in [0.15, 0.2) is 18.2 Å². The molecule has 3 nitrogen and oxygen atoms in total. The third kappa shape index (κ3) is 2.34. The Kier molecular flexibility index (Phi) is 3.44. The van der Waals surface area contributed by atoms with E-state index in [2.05, 4.69) is 13.8 Å². The van der Waals surface area contributed by atoms with Crippen LogP contribution in [-0.2, 0) is 6.42 Å². The molecule has 1 saturated heterocycles. The van der Waals surface area contributed by atoms with Crippen LogP contribution in [0.25, 0.3) is 0 Å². The lowest BCUT2D eigenvalue weighted by molar-refractivity contribution is 0.0698. The fraction of sp³-hybridized carbons (Fsp3) is 0.533. The second-order valence-corrected chi connectivity index (χ2v) is 6.72. The average Bonchev–Trinajstić information content (AvgIpc) is 2.88. The number of carbonyl (C=O) groups excluding carboxylic acids is 1. The lowest BCUT2D eigenvalue weighted by atomic mass is 10.1. The summed E-state index contributed by atoms with van der Waals surface area (Å²) in [5.41, 5.74) is 1.97. The van der Waals surface area contributed by atoms with E-state index in [9.17, 15) is 4.79 Å². The molecule has 1 aromatic carbocycles. The summed E-state index contributed by atoms with van der Waals surface area (Å²) in [6, 6.07) is 6.13. The molecule has 1 amide bonds. The van der Waals surface area contributed by atoms with Crippen molar-refractivity contribution >= 4 is 17.7 Å². The number of hydrogen-bond donors (Lipinski definition) is 0. The summed E-state index contributed by atoms with van der Waals surface area (Å²) in [6.07, 6.45) is 0.915. The van der Waals surface area contributed by atoms with Gasteiger partial charge in [0, 0.05) is 35.6 Å². The fourth-order valence-corrected chi connectivity index (χ4v) is 3.80. The molecule has 3 rings (SSSR count). The number of fused-ring (bicyclic) bond motifs is 1. The topological polar surface area (TPSA) is 29.5 Å². The normalized spacial score (nSPS) is 25.9. The zero-order valence-corrected chi connectivity index (χ0v) is 12.2. The van der Waals surface area contributed by atoms with Crippen molar-refractivity contribution in [3.05, 3.63) is 29.3 Å². The average molecular weight is 277 g/mol. The summed E-state index contributed by atoms with van der Waals surface area (Å²) < 4.78 is 5.49. The number of ether oxygens (including phenoxy) is 1. The second kappa shape index (κ2) is 5.08. The molecule has 2 aliphatic heterocycles. The molecular formula is C15H19NO2S. The Labute approximate surface area is 118 Å². The predicted octanol–water partition coefficient (Wildman–Crippen LogP) is 2.59. The van der Waals surface area contributed by atoms with Crippen molar-refractivity contribution in [3.63, 3.8) is 0 Å². The summed E-state index contributed by atoms with van der Waals surface area (Å²) in [4.78, 5) is 14.6. The Hall–Kier alpha value is -1.16. The highest BCUT2D eigenvalue weighted by molar-refractivity contribution is 8.00. The van der Waals surface area contributed by atoms with Gasteiger partial charge in [0.05, 0.1) is 6.61 Å². The van der Waals surface area contributed by atoms with Gasteiger partial charge in [0.2, 0.25) is 0 Å². The summed E-state index contributed by atoms with van der Waals surface area (Å²) in [7, 11) is 0. The minimum absolute atomic E-state index is 0.161. The van der Waals surface area contributed by atoms with E-state index in [0.29, 0.717) is 11.3 Å². The summed E-state index contributed by atoms with van der Waals surface area (Å²) in [6.45, 7) is 5.93. The van der Waals surface area contributed by atoms with Crippen molar-refractivity contribution in [2.75, 3.05) is 18.9 Å². The molecule has 0 aromatic heterocycles. The summed E-state index contributed by atoms with van der Waals surface area (Å²) in [5, 5.41) is 0.510. The molecule has 2 unspecified atom stereocenters. The molecule has 0 bridgehead atoms. The van der Waals surface area contributed by atoms with Crippen LogP contribution in [0.1, 0.15) is 29.8 Å². The van der Waals surface area contributed by atoms with Crippen molar-refractivity contribution in [2.24, 2.45) is 0 Å². The first kappa shape index (κ1) is 12.9. The van der Waals surface area contributed by atoms with Gasteiger partial charge in [-0.2, -0.15) is 11.8 Å². The van der Waals surface area contributed by atoms with Crippen LogP contribution in [0.2, 0.25) is 0 Å². The van der Waals surface area contributed by atoms with Crippen LogP contribution in [0.3, 0.4) is 0 Å². The van der Waals surface area contributed by atoms with Crippen molar-refractivity contribution < 1.29 is 9.53 Å². The van der Waals surface area contributed by atoms with Crippen LogP contribution in [0.4, 0.5) is 0 Å². The Morgan fingerprint density at radius 1 is 1.42 bits per heavy atom. The lowest BCUT2D eigenvalue weighted by Gasteiger charge is -2.37.